The maximum absolute atomic E-state index is 10.4. The van der Waals surface area contributed by atoms with Crippen LogP contribution in [0.25, 0.3) is 0 Å². The van der Waals surface area contributed by atoms with Gasteiger partial charge in [-0.3, -0.25) is 4.79 Å². The van der Waals surface area contributed by atoms with Crippen molar-refractivity contribution in [1.29, 1.82) is 0 Å². The molecule has 0 amide bonds. The molecule has 0 radical (unpaired) electrons. The Labute approximate surface area is 89.3 Å². The fourth-order valence-electron chi connectivity index (χ4n) is 1.76. The molecule has 0 atom stereocenters. The number of rotatable bonds is 3. The summed E-state index contributed by atoms with van der Waals surface area (Å²) in [6.07, 6.45) is 9.89. The normalized spacial score (nSPS) is 17.1. The van der Waals surface area contributed by atoms with Crippen LogP contribution in [-0.4, -0.2) is 5.78 Å². The molecule has 0 spiro atoms. The first-order valence-corrected chi connectivity index (χ1v) is 6.22. The summed E-state index contributed by atoms with van der Waals surface area (Å²) in [5.74, 6) is 1.41. The van der Waals surface area contributed by atoms with Crippen LogP contribution in [-0.2, 0) is 4.79 Å². The Hall–Kier alpha value is -0.330. The van der Waals surface area contributed by atoms with Gasteiger partial charge in [0.15, 0.2) is 0 Å². The average molecular weight is 198 g/mol. The highest BCUT2D eigenvalue weighted by Gasteiger charge is 2.05. The van der Waals surface area contributed by atoms with Crippen LogP contribution >= 0.6 is 0 Å². The molecule has 1 heteroatoms. The lowest BCUT2D eigenvalue weighted by Gasteiger charge is -2.15. The van der Waals surface area contributed by atoms with Gasteiger partial charge in [0.1, 0.15) is 5.78 Å². The van der Waals surface area contributed by atoms with E-state index in [9.17, 15) is 4.79 Å². The van der Waals surface area contributed by atoms with Crippen LogP contribution < -0.4 is 0 Å². The minimum absolute atomic E-state index is 0.377. The van der Waals surface area contributed by atoms with Crippen molar-refractivity contribution in [2.45, 2.75) is 72.1 Å². The van der Waals surface area contributed by atoms with E-state index in [1.807, 2.05) is 13.8 Å². The highest BCUT2D eigenvalue weighted by molar-refractivity contribution is 5.77. The van der Waals surface area contributed by atoms with E-state index < -0.39 is 0 Å². The molecule has 84 valence electrons. The molecule has 0 N–H and O–H groups in total. The summed E-state index contributed by atoms with van der Waals surface area (Å²) in [4.78, 5) is 10.4. The topological polar surface area (TPSA) is 17.1 Å². The maximum Gasteiger partial charge on any atom is 0.132 e. The highest BCUT2D eigenvalue weighted by atomic mass is 16.1. The number of hydrogen-bond donors (Lipinski definition) is 0. The first kappa shape index (κ1) is 13.7. The number of carbonyl (C=O) groups is 1. The predicted molar refractivity (Wildman–Crippen MR) is 62.5 cm³/mol. The minimum atomic E-state index is 0.377. The molecule has 0 heterocycles. The molecular formula is C13H26O. The fraction of sp³-hybridized carbons (Fsp3) is 0.923. The minimum Gasteiger partial charge on any atom is -0.300 e. The summed E-state index contributed by atoms with van der Waals surface area (Å²) in [6, 6.07) is 0. The van der Waals surface area contributed by atoms with Gasteiger partial charge in [0.25, 0.3) is 0 Å². The Bertz CT molecular complexity index is 134. The number of Topliss-reactive ketones (excluding diaryl/α,β-unsaturated/α-hetero) is 1. The fourth-order valence-corrected chi connectivity index (χ4v) is 1.76. The monoisotopic (exact) mass is 198 g/mol. The van der Waals surface area contributed by atoms with Gasteiger partial charge in [-0.1, -0.05) is 52.9 Å². The standard InChI is InChI=1S/C7H14.C6H12O/c1-7-5-3-2-4-6-7;1-3-5-6(7)4-2/h7H,2-6H2,1H3;3-5H2,1-2H3. The summed E-state index contributed by atoms with van der Waals surface area (Å²) in [5.41, 5.74) is 0. The third-order valence-corrected chi connectivity index (χ3v) is 2.82. The largest absolute Gasteiger partial charge is 0.300 e. The van der Waals surface area contributed by atoms with E-state index >= 15 is 0 Å². The molecule has 1 aliphatic carbocycles. The van der Waals surface area contributed by atoms with E-state index in [1.54, 1.807) is 0 Å². The van der Waals surface area contributed by atoms with Gasteiger partial charge < -0.3 is 0 Å². The molecule has 0 unspecified atom stereocenters. The molecule has 0 saturated heterocycles. The van der Waals surface area contributed by atoms with Crippen molar-refractivity contribution in [3.63, 3.8) is 0 Å². The zero-order valence-electron chi connectivity index (χ0n) is 10.1. The number of carbonyl (C=O) groups excluding carboxylic acids is 1. The van der Waals surface area contributed by atoms with E-state index in [4.69, 9.17) is 0 Å². The van der Waals surface area contributed by atoms with Gasteiger partial charge in [-0.25, -0.2) is 0 Å². The maximum atomic E-state index is 10.4. The number of hydrogen-bond acceptors (Lipinski definition) is 1. The summed E-state index contributed by atoms with van der Waals surface area (Å²) in [6.45, 7) is 6.28. The Morgan fingerprint density at radius 3 is 1.93 bits per heavy atom. The first-order chi connectivity index (χ1) is 6.70. The van der Waals surface area contributed by atoms with Crippen LogP contribution in [0.5, 0.6) is 0 Å². The zero-order chi connectivity index (χ0) is 10.8. The van der Waals surface area contributed by atoms with E-state index in [0.717, 1.165) is 18.8 Å². The van der Waals surface area contributed by atoms with Crippen LogP contribution in [0.3, 0.4) is 0 Å². The molecule has 1 aliphatic rings. The first-order valence-electron chi connectivity index (χ1n) is 6.22. The van der Waals surface area contributed by atoms with Crippen LogP contribution in [0.15, 0.2) is 0 Å². The van der Waals surface area contributed by atoms with E-state index in [0.29, 0.717) is 12.2 Å². The molecule has 1 nitrogen and oxygen atoms in total. The lowest BCUT2D eigenvalue weighted by molar-refractivity contribution is -0.118. The highest BCUT2D eigenvalue weighted by Crippen LogP contribution is 2.22. The third kappa shape index (κ3) is 8.28. The van der Waals surface area contributed by atoms with Gasteiger partial charge in [-0.2, -0.15) is 0 Å². The lowest BCUT2D eigenvalue weighted by Crippen LogP contribution is -1.99. The summed E-state index contributed by atoms with van der Waals surface area (Å²) >= 11 is 0. The lowest BCUT2D eigenvalue weighted by atomic mass is 9.91. The molecule has 0 aromatic heterocycles. The molecular weight excluding hydrogens is 172 g/mol. The van der Waals surface area contributed by atoms with E-state index in [2.05, 4.69) is 6.92 Å². The Morgan fingerprint density at radius 1 is 1.14 bits per heavy atom. The molecule has 0 aromatic carbocycles. The molecule has 0 bridgehead atoms. The average Bonchev–Trinajstić information content (AvgIpc) is 2.20. The van der Waals surface area contributed by atoms with E-state index in [-0.39, 0.29) is 0 Å². The zero-order valence-corrected chi connectivity index (χ0v) is 10.1. The van der Waals surface area contributed by atoms with Crippen molar-refractivity contribution in [2.75, 3.05) is 0 Å². The second kappa shape index (κ2) is 9.23. The molecule has 0 aliphatic heterocycles. The van der Waals surface area contributed by atoms with Crippen LogP contribution in [0.4, 0.5) is 0 Å². The van der Waals surface area contributed by atoms with Gasteiger partial charge >= 0.3 is 0 Å². The molecule has 1 fully saturated rings. The SMILES string of the molecule is CC1CCCCC1.CCCC(=O)CC. The molecule has 1 rings (SSSR count). The summed E-state index contributed by atoms with van der Waals surface area (Å²) in [5, 5.41) is 0. The van der Waals surface area contributed by atoms with Crippen molar-refractivity contribution in [3.8, 4) is 0 Å². The third-order valence-electron chi connectivity index (χ3n) is 2.82. The Morgan fingerprint density at radius 2 is 1.71 bits per heavy atom. The van der Waals surface area contributed by atoms with Crippen molar-refractivity contribution < 1.29 is 4.79 Å². The van der Waals surface area contributed by atoms with E-state index in [1.165, 1.54) is 32.1 Å². The van der Waals surface area contributed by atoms with Crippen LogP contribution in [0.2, 0.25) is 0 Å². The summed E-state index contributed by atoms with van der Waals surface area (Å²) < 4.78 is 0. The summed E-state index contributed by atoms with van der Waals surface area (Å²) in [7, 11) is 0. The predicted octanol–water partition coefficient (Wildman–Crippen LogP) is 4.35. The van der Waals surface area contributed by atoms with Gasteiger partial charge in [0.05, 0.1) is 0 Å². The number of ketones is 1. The van der Waals surface area contributed by atoms with Crippen LogP contribution in [0, 0.1) is 5.92 Å². The second-order valence-electron chi connectivity index (χ2n) is 4.39. The van der Waals surface area contributed by atoms with Crippen LogP contribution in [0.1, 0.15) is 72.1 Å². The quantitative estimate of drug-likeness (QED) is 0.659. The van der Waals surface area contributed by atoms with Gasteiger partial charge in [-0.05, 0) is 12.3 Å². The second-order valence-corrected chi connectivity index (χ2v) is 4.39. The molecule has 14 heavy (non-hydrogen) atoms. The molecule has 0 aromatic rings. The van der Waals surface area contributed by atoms with Gasteiger partial charge in [0.2, 0.25) is 0 Å². The van der Waals surface area contributed by atoms with Crippen molar-refractivity contribution in [3.05, 3.63) is 0 Å². The van der Waals surface area contributed by atoms with Crippen molar-refractivity contribution >= 4 is 5.78 Å². The van der Waals surface area contributed by atoms with Gasteiger partial charge in [0, 0.05) is 12.8 Å². The Kier molecular flexibility index (Phi) is 9.02. The Balaban J connectivity index is 0.000000241. The van der Waals surface area contributed by atoms with Gasteiger partial charge in [-0.15, -0.1) is 0 Å². The smallest absolute Gasteiger partial charge is 0.132 e. The van der Waals surface area contributed by atoms with Crippen molar-refractivity contribution in [2.24, 2.45) is 5.92 Å². The van der Waals surface area contributed by atoms with Crippen molar-refractivity contribution in [1.82, 2.24) is 0 Å². The molecule has 1 saturated carbocycles.